The summed E-state index contributed by atoms with van der Waals surface area (Å²) >= 11 is 0. The Balaban J connectivity index is -0.00000000600. The van der Waals surface area contributed by atoms with E-state index in [4.69, 9.17) is 30.3 Å². The zero-order valence-corrected chi connectivity index (χ0v) is 10.5. The van der Waals surface area contributed by atoms with E-state index in [1.54, 1.807) is 0 Å². The van der Waals surface area contributed by atoms with E-state index in [9.17, 15) is 0 Å². The average Bonchev–Trinajstić information content (AvgIpc) is 1.25. The van der Waals surface area contributed by atoms with Crippen molar-refractivity contribution in [1.29, 1.82) is 0 Å². The molecule has 0 aromatic carbocycles. The quantitative estimate of drug-likeness (QED) is 0.194. The number of carbonyl (C=O) groups is 1. The van der Waals surface area contributed by atoms with Crippen molar-refractivity contribution in [3.63, 3.8) is 0 Å². The van der Waals surface area contributed by atoms with Gasteiger partial charge >= 0.3 is 84.1 Å². The molecule has 0 aliphatic heterocycles. The van der Waals surface area contributed by atoms with Gasteiger partial charge in [0, 0.05) is 0 Å². The Bertz CT molecular complexity index is 89.1. The van der Waals surface area contributed by atoms with Crippen LogP contribution < -0.4 is 78.0 Å². The van der Waals surface area contributed by atoms with Crippen molar-refractivity contribution in [3.05, 3.63) is 10.1 Å². The minimum atomic E-state index is -1.83. The molecule has 0 atom stereocenters. The molecule has 3 N–H and O–H groups in total. The predicted molar refractivity (Wildman–Crippen MR) is 22.8 cm³/mol. The summed E-state index contributed by atoms with van der Waals surface area (Å²) in [5.74, 6) is 0. The molecule has 0 aliphatic carbocycles. The van der Waals surface area contributed by atoms with Crippen LogP contribution in [-0.2, 0) is 0 Å². The molecule has 0 saturated carbocycles. The SMILES string of the molecule is O=C(O)O.O=[N+]([O-])O.[H-].[H-].[H-].[Li+].[Na+].[Na+]. The molecule has 0 rings (SSSR count). The summed E-state index contributed by atoms with van der Waals surface area (Å²) in [5.41, 5.74) is 0. The molecule has 0 heterocycles. The third-order valence-electron chi connectivity index (χ3n) is 0. The monoisotopic (exact) mass is 181 g/mol. The van der Waals surface area contributed by atoms with Crippen LogP contribution in [0.25, 0.3) is 0 Å². The van der Waals surface area contributed by atoms with E-state index in [-0.39, 0.29) is 82.3 Å². The number of hydrogen-bond donors (Lipinski definition) is 3. The van der Waals surface area contributed by atoms with Crippen LogP contribution >= 0.6 is 0 Å². The Kier molecular flexibility index (Phi) is 60.4. The topological polar surface area (TPSA) is 121 Å². The summed E-state index contributed by atoms with van der Waals surface area (Å²) in [4.78, 5) is 16.9. The molecule has 0 saturated heterocycles. The van der Waals surface area contributed by atoms with E-state index in [0.29, 0.717) is 0 Å². The van der Waals surface area contributed by atoms with Crippen molar-refractivity contribution in [1.82, 2.24) is 0 Å². The van der Waals surface area contributed by atoms with Gasteiger partial charge in [0.05, 0.1) is 0 Å². The first kappa shape index (κ1) is 29.6. The fourth-order valence-electron chi connectivity index (χ4n) is 0. The molecule has 0 spiro atoms. The van der Waals surface area contributed by atoms with E-state index in [0.717, 1.165) is 0 Å². The summed E-state index contributed by atoms with van der Waals surface area (Å²) in [5, 5.41) is 27.6. The Hall–Kier alpha value is 1.07. The minimum Gasteiger partial charge on any atom is -1.00 e. The summed E-state index contributed by atoms with van der Waals surface area (Å²) in [7, 11) is 0. The predicted octanol–water partition coefficient (Wildman–Crippen LogP) is -8.78. The molecule has 0 aromatic rings. The van der Waals surface area contributed by atoms with Gasteiger partial charge in [0.15, 0.2) is 0 Å². The second-order valence-corrected chi connectivity index (χ2v) is 0.520. The zero-order valence-electron chi connectivity index (χ0n) is 9.51. The van der Waals surface area contributed by atoms with Crippen molar-refractivity contribution in [3.8, 4) is 0 Å². The number of rotatable bonds is 0. The summed E-state index contributed by atoms with van der Waals surface area (Å²) in [6, 6.07) is 0. The second-order valence-electron chi connectivity index (χ2n) is 0.520. The first-order valence-electron chi connectivity index (χ1n) is 1.22. The van der Waals surface area contributed by atoms with Gasteiger partial charge in [0.2, 0.25) is 0 Å². The van der Waals surface area contributed by atoms with Gasteiger partial charge in [-0.1, -0.05) is 0 Å². The minimum absolute atomic E-state index is 0. The van der Waals surface area contributed by atoms with Crippen LogP contribution in [0.2, 0.25) is 0 Å². The molecule has 0 amide bonds. The third kappa shape index (κ3) is 799. The van der Waals surface area contributed by atoms with Crippen LogP contribution in [0.1, 0.15) is 4.28 Å². The van der Waals surface area contributed by atoms with Crippen LogP contribution in [0.3, 0.4) is 0 Å². The van der Waals surface area contributed by atoms with E-state index < -0.39 is 11.2 Å². The molecule has 0 unspecified atom stereocenters. The van der Waals surface area contributed by atoms with Crippen LogP contribution in [0.5, 0.6) is 0 Å². The van der Waals surface area contributed by atoms with Gasteiger partial charge in [-0.25, -0.2) is 4.79 Å². The van der Waals surface area contributed by atoms with Crippen LogP contribution in [0.4, 0.5) is 4.79 Å². The van der Waals surface area contributed by atoms with Gasteiger partial charge in [-0.15, -0.1) is 10.1 Å². The molecule has 0 radical (unpaired) electrons. The van der Waals surface area contributed by atoms with Gasteiger partial charge in [-0.3, -0.25) is 0 Å². The molecule has 54 valence electrons. The standard InChI is InChI=1S/CH2O3.Li.HNO3.2Na.3H/c2-1(3)4;;2-1(3)4;;;;;/h(H2,2,3,4);;(H,2,3,4);;;;;/q;+1;;2*+1;3*-1. The molecule has 0 fully saturated rings. The van der Waals surface area contributed by atoms with Crippen molar-refractivity contribution in [2.75, 3.05) is 0 Å². The molecule has 7 nitrogen and oxygen atoms in total. The van der Waals surface area contributed by atoms with E-state index in [1.807, 2.05) is 0 Å². The molecular formula is CH6LiNNa2O6. The Morgan fingerprint density at radius 1 is 1.36 bits per heavy atom. The molecular weight excluding hydrogens is 175 g/mol. The first-order chi connectivity index (χ1) is 3.46. The fourth-order valence-corrected chi connectivity index (χ4v) is 0. The van der Waals surface area contributed by atoms with Crippen LogP contribution in [0, 0.1) is 10.1 Å². The molecule has 0 aromatic heterocycles. The van der Waals surface area contributed by atoms with Gasteiger partial charge in [-0.05, 0) is 0 Å². The number of nitrogens with zero attached hydrogens (tertiary/aromatic N) is 1. The number of hydrogen-bond acceptors (Lipinski definition) is 3. The smallest absolute Gasteiger partial charge is 1.00 e. The van der Waals surface area contributed by atoms with Crippen molar-refractivity contribution in [2.45, 2.75) is 0 Å². The van der Waals surface area contributed by atoms with E-state index in [1.165, 1.54) is 0 Å². The van der Waals surface area contributed by atoms with E-state index in [2.05, 4.69) is 0 Å². The summed E-state index contributed by atoms with van der Waals surface area (Å²) < 4.78 is 0. The van der Waals surface area contributed by atoms with Crippen molar-refractivity contribution < 1.29 is 108 Å². The van der Waals surface area contributed by atoms with E-state index >= 15 is 0 Å². The summed E-state index contributed by atoms with van der Waals surface area (Å²) in [6.07, 6.45) is -1.83. The maximum Gasteiger partial charge on any atom is 1.00 e. The molecule has 0 bridgehead atoms. The van der Waals surface area contributed by atoms with Crippen LogP contribution in [-0.4, -0.2) is 26.7 Å². The first-order valence-corrected chi connectivity index (χ1v) is 1.22. The van der Waals surface area contributed by atoms with Crippen molar-refractivity contribution >= 4 is 6.16 Å². The van der Waals surface area contributed by atoms with Gasteiger partial charge in [0.25, 0.3) is 5.09 Å². The van der Waals surface area contributed by atoms with Crippen molar-refractivity contribution in [2.24, 2.45) is 0 Å². The second kappa shape index (κ2) is 22.5. The number of carboxylic acid groups (broad SMARTS) is 2. The van der Waals surface area contributed by atoms with Crippen LogP contribution in [0.15, 0.2) is 0 Å². The Morgan fingerprint density at radius 2 is 1.36 bits per heavy atom. The maximum atomic E-state index is 8.56. The molecule has 11 heavy (non-hydrogen) atoms. The maximum absolute atomic E-state index is 8.56. The molecule has 0 aliphatic rings. The summed E-state index contributed by atoms with van der Waals surface area (Å²) in [6.45, 7) is 0. The van der Waals surface area contributed by atoms with Gasteiger partial charge < -0.3 is 19.7 Å². The largest absolute Gasteiger partial charge is 1.00 e. The fraction of sp³-hybridized carbons (Fsp3) is 0. The normalized spacial score (nSPS) is 4.36. The zero-order chi connectivity index (χ0) is 7.15. The Labute approximate surface area is 122 Å². The third-order valence-corrected chi connectivity index (χ3v) is 0. The average molecular weight is 181 g/mol. The molecule has 10 heteroatoms. The van der Waals surface area contributed by atoms with Gasteiger partial charge in [-0.2, -0.15) is 0 Å². The van der Waals surface area contributed by atoms with Gasteiger partial charge in [0.1, 0.15) is 0 Å². The Morgan fingerprint density at radius 3 is 1.36 bits per heavy atom.